The zero-order valence-corrected chi connectivity index (χ0v) is 15.0. The lowest BCUT2D eigenvalue weighted by atomic mass is 10.2. The van der Waals surface area contributed by atoms with Gasteiger partial charge in [-0.2, -0.15) is 0 Å². The summed E-state index contributed by atoms with van der Waals surface area (Å²) in [5.74, 6) is 1.57. The molecule has 1 aromatic heterocycles. The maximum absolute atomic E-state index is 12.2. The first-order valence-electron chi connectivity index (χ1n) is 8.91. The Morgan fingerprint density at radius 2 is 1.80 bits per heavy atom. The van der Waals surface area contributed by atoms with E-state index in [9.17, 15) is 4.79 Å². The summed E-state index contributed by atoms with van der Waals surface area (Å²) in [4.78, 5) is 21.5. The van der Waals surface area contributed by atoms with Crippen LogP contribution in [0.5, 0.6) is 0 Å². The molecule has 1 fully saturated rings. The van der Waals surface area contributed by atoms with Crippen molar-refractivity contribution < 1.29 is 4.79 Å². The number of aromatic nitrogens is 1. The Hall–Kier alpha value is -2.40. The lowest BCUT2D eigenvalue weighted by molar-refractivity contribution is 0.102. The number of carbonyl (C=O) groups is 1. The predicted octanol–water partition coefficient (Wildman–Crippen LogP) is 3.11. The van der Waals surface area contributed by atoms with Crippen molar-refractivity contribution in [2.75, 3.05) is 42.9 Å². The maximum Gasteiger partial charge on any atom is 0.255 e. The molecule has 132 valence electrons. The molecule has 1 amide bonds. The Morgan fingerprint density at radius 3 is 2.40 bits per heavy atom. The van der Waals surface area contributed by atoms with Crippen LogP contribution in [-0.2, 0) is 0 Å². The molecule has 25 heavy (non-hydrogen) atoms. The van der Waals surface area contributed by atoms with Crippen molar-refractivity contribution in [3.8, 4) is 0 Å². The molecular weight excluding hydrogens is 312 g/mol. The fourth-order valence-corrected chi connectivity index (χ4v) is 3.12. The highest BCUT2D eigenvalue weighted by molar-refractivity contribution is 6.04. The van der Waals surface area contributed by atoms with Crippen molar-refractivity contribution >= 4 is 17.4 Å². The van der Waals surface area contributed by atoms with E-state index < -0.39 is 0 Å². The summed E-state index contributed by atoms with van der Waals surface area (Å²) in [6, 6.07) is 13.1. The minimum atomic E-state index is -0.113. The molecule has 2 aromatic rings. The highest BCUT2D eigenvalue weighted by atomic mass is 16.1. The second kappa shape index (κ2) is 8.12. The van der Waals surface area contributed by atoms with Gasteiger partial charge in [-0.1, -0.05) is 32.0 Å². The van der Waals surface area contributed by atoms with Gasteiger partial charge in [0.15, 0.2) is 0 Å². The van der Waals surface area contributed by atoms with Crippen molar-refractivity contribution in [2.24, 2.45) is 5.92 Å². The van der Waals surface area contributed by atoms with Crippen LogP contribution in [0.3, 0.4) is 0 Å². The molecule has 3 rings (SSSR count). The number of rotatable bonds is 5. The number of anilines is 2. The van der Waals surface area contributed by atoms with Crippen molar-refractivity contribution in [2.45, 2.75) is 13.8 Å². The van der Waals surface area contributed by atoms with E-state index in [1.54, 1.807) is 18.3 Å². The summed E-state index contributed by atoms with van der Waals surface area (Å²) in [6.45, 7) is 9.82. The fourth-order valence-electron chi connectivity index (χ4n) is 3.12. The average Bonchev–Trinajstić information content (AvgIpc) is 2.63. The standard InChI is InChI=1S/C20H26N4O/c1-16(2)15-23-10-12-24(13-11-23)19-9-8-18(14-21-19)22-20(25)17-6-4-3-5-7-17/h3-9,14,16H,10-13,15H2,1-2H3,(H,22,25). The third-order valence-electron chi connectivity index (χ3n) is 4.36. The predicted molar refractivity (Wildman–Crippen MR) is 102 cm³/mol. The number of hydrogen-bond donors (Lipinski definition) is 1. The van der Waals surface area contributed by atoms with Crippen molar-refractivity contribution in [3.63, 3.8) is 0 Å². The number of carbonyl (C=O) groups excluding carboxylic acids is 1. The van der Waals surface area contributed by atoms with Gasteiger partial charge in [0.1, 0.15) is 5.82 Å². The number of piperazine rings is 1. The van der Waals surface area contributed by atoms with Crippen LogP contribution in [0, 0.1) is 5.92 Å². The molecule has 0 atom stereocenters. The average molecular weight is 338 g/mol. The Bertz CT molecular complexity index is 677. The third kappa shape index (κ3) is 4.79. The zero-order valence-electron chi connectivity index (χ0n) is 15.0. The van der Waals surface area contributed by atoms with Crippen LogP contribution in [0.4, 0.5) is 11.5 Å². The molecule has 1 aliphatic heterocycles. The van der Waals surface area contributed by atoms with Crippen LogP contribution in [0.2, 0.25) is 0 Å². The molecule has 5 nitrogen and oxygen atoms in total. The van der Waals surface area contributed by atoms with Gasteiger partial charge in [0.2, 0.25) is 0 Å². The Labute approximate surface area is 149 Å². The molecule has 1 N–H and O–H groups in total. The van der Waals surface area contributed by atoms with Crippen LogP contribution >= 0.6 is 0 Å². The van der Waals surface area contributed by atoms with Gasteiger partial charge in [-0.05, 0) is 30.2 Å². The summed E-state index contributed by atoms with van der Waals surface area (Å²) < 4.78 is 0. The lowest BCUT2D eigenvalue weighted by Crippen LogP contribution is -2.47. The molecule has 0 radical (unpaired) electrons. The van der Waals surface area contributed by atoms with Gasteiger partial charge in [-0.25, -0.2) is 4.98 Å². The first-order chi connectivity index (χ1) is 12.1. The molecule has 1 saturated heterocycles. The highest BCUT2D eigenvalue weighted by Gasteiger charge is 2.18. The molecule has 2 heterocycles. The van der Waals surface area contributed by atoms with Crippen LogP contribution in [0.15, 0.2) is 48.7 Å². The van der Waals surface area contributed by atoms with E-state index >= 15 is 0 Å². The monoisotopic (exact) mass is 338 g/mol. The first-order valence-corrected chi connectivity index (χ1v) is 8.91. The number of hydrogen-bond acceptors (Lipinski definition) is 4. The SMILES string of the molecule is CC(C)CN1CCN(c2ccc(NC(=O)c3ccccc3)cn2)CC1. The molecule has 0 bridgehead atoms. The first kappa shape index (κ1) is 17.4. The Balaban J connectivity index is 1.55. The number of amides is 1. The van der Waals surface area contributed by atoms with Gasteiger partial charge in [-0.3, -0.25) is 9.69 Å². The van der Waals surface area contributed by atoms with Gasteiger partial charge in [0, 0.05) is 38.3 Å². The molecule has 0 unspecified atom stereocenters. The van der Waals surface area contributed by atoms with E-state index in [1.807, 2.05) is 30.3 Å². The summed E-state index contributed by atoms with van der Waals surface area (Å²) in [7, 11) is 0. The van der Waals surface area contributed by atoms with Gasteiger partial charge in [0.25, 0.3) is 5.91 Å². The van der Waals surface area contributed by atoms with Gasteiger partial charge in [-0.15, -0.1) is 0 Å². The van der Waals surface area contributed by atoms with E-state index in [1.165, 1.54) is 0 Å². The van der Waals surface area contributed by atoms with Crippen LogP contribution in [0.1, 0.15) is 24.2 Å². The Morgan fingerprint density at radius 1 is 1.08 bits per heavy atom. The second-order valence-electron chi connectivity index (χ2n) is 6.91. The number of nitrogens with one attached hydrogen (secondary N) is 1. The van der Waals surface area contributed by atoms with E-state index in [-0.39, 0.29) is 5.91 Å². The second-order valence-corrected chi connectivity index (χ2v) is 6.91. The topological polar surface area (TPSA) is 48.5 Å². The van der Waals surface area contributed by atoms with Crippen LogP contribution in [-0.4, -0.2) is 48.5 Å². The normalized spacial score (nSPS) is 15.4. The summed E-state index contributed by atoms with van der Waals surface area (Å²) in [5.41, 5.74) is 1.36. The highest BCUT2D eigenvalue weighted by Crippen LogP contribution is 2.17. The van der Waals surface area contributed by atoms with Gasteiger partial charge in [0.05, 0.1) is 11.9 Å². The number of nitrogens with zero attached hydrogens (tertiary/aromatic N) is 3. The van der Waals surface area contributed by atoms with Crippen molar-refractivity contribution in [3.05, 3.63) is 54.2 Å². The molecule has 1 aliphatic rings. The maximum atomic E-state index is 12.2. The van der Waals surface area contributed by atoms with Crippen molar-refractivity contribution in [1.29, 1.82) is 0 Å². The Kier molecular flexibility index (Phi) is 5.66. The molecule has 0 aliphatic carbocycles. The molecule has 0 saturated carbocycles. The summed E-state index contributed by atoms with van der Waals surface area (Å²) >= 11 is 0. The third-order valence-corrected chi connectivity index (χ3v) is 4.36. The lowest BCUT2D eigenvalue weighted by Gasteiger charge is -2.36. The summed E-state index contributed by atoms with van der Waals surface area (Å²) in [5, 5.41) is 2.89. The minimum absolute atomic E-state index is 0.113. The van der Waals surface area contributed by atoms with Crippen molar-refractivity contribution in [1.82, 2.24) is 9.88 Å². The van der Waals surface area contributed by atoms with Gasteiger partial charge >= 0.3 is 0 Å². The molecule has 1 aromatic carbocycles. The van der Waals surface area contributed by atoms with Crippen LogP contribution < -0.4 is 10.2 Å². The van der Waals surface area contributed by atoms with Gasteiger partial charge < -0.3 is 10.2 Å². The zero-order chi connectivity index (χ0) is 17.6. The summed E-state index contributed by atoms with van der Waals surface area (Å²) in [6.07, 6.45) is 1.73. The molecule has 0 spiro atoms. The molecule has 5 heteroatoms. The fraction of sp³-hybridized carbons (Fsp3) is 0.400. The molecular formula is C20H26N4O. The van der Waals surface area contributed by atoms with E-state index in [0.29, 0.717) is 11.5 Å². The smallest absolute Gasteiger partial charge is 0.255 e. The van der Waals surface area contributed by atoms with E-state index in [0.717, 1.165) is 44.2 Å². The number of benzene rings is 1. The number of pyridine rings is 1. The van der Waals surface area contributed by atoms with Crippen LogP contribution in [0.25, 0.3) is 0 Å². The minimum Gasteiger partial charge on any atom is -0.354 e. The quantitative estimate of drug-likeness (QED) is 0.910. The largest absolute Gasteiger partial charge is 0.354 e. The van der Waals surface area contributed by atoms with E-state index in [4.69, 9.17) is 0 Å². The van der Waals surface area contributed by atoms with E-state index in [2.05, 4.69) is 33.9 Å².